The van der Waals surface area contributed by atoms with Gasteiger partial charge in [0.25, 0.3) is 0 Å². The molecule has 1 heterocycles. The first-order valence-corrected chi connectivity index (χ1v) is 7.04. The minimum atomic E-state index is -4.45. The summed E-state index contributed by atoms with van der Waals surface area (Å²) in [6.45, 7) is 13.7. The Balaban J connectivity index is 2.45. The molecule has 1 aliphatic rings. The van der Waals surface area contributed by atoms with E-state index < -0.39 is 23.4 Å². The average Bonchev–Trinajstić information content (AvgIpc) is 2.35. The monoisotopic (exact) mass is 320 g/mol. The molecule has 0 aromatic heterocycles. The number of nitrogens with zero attached hydrogens (tertiary/aromatic N) is 2. The number of carbonyl (C=O) groups excluding carboxylic acids is 1. The van der Waals surface area contributed by atoms with E-state index in [1.54, 1.807) is 25.7 Å². The van der Waals surface area contributed by atoms with Gasteiger partial charge in [0.05, 0.1) is 5.57 Å². The molecule has 0 radical (unpaired) electrons. The molecule has 0 spiro atoms. The Labute approximate surface area is 129 Å². The van der Waals surface area contributed by atoms with Crippen molar-refractivity contribution in [2.24, 2.45) is 0 Å². The van der Waals surface area contributed by atoms with Gasteiger partial charge in [-0.05, 0) is 26.3 Å². The van der Waals surface area contributed by atoms with E-state index in [2.05, 4.69) is 13.2 Å². The fraction of sp³-hybridized carbons (Fsp3) is 0.667. The number of alkyl halides is 3. The molecular formula is C15H23F3N2O2. The Morgan fingerprint density at radius 3 is 2.00 bits per heavy atom. The van der Waals surface area contributed by atoms with Gasteiger partial charge in [0.1, 0.15) is 5.60 Å². The van der Waals surface area contributed by atoms with Crippen LogP contribution in [0.4, 0.5) is 18.0 Å². The number of ether oxygens (including phenoxy) is 1. The number of halogens is 3. The third-order valence-corrected chi connectivity index (χ3v) is 3.21. The molecule has 1 aliphatic heterocycles. The summed E-state index contributed by atoms with van der Waals surface area (Å²) in [6.07, 6.45) is -4.85. The molecule has 22 heavy (non-hydrogen) atoms. The van der Waals surface area contributed by atoms with E-state index in [9.17, 15) is 18.0 Å². The summed E-state index contributed by atoms with van der Waals surface area (Å²) >= 11 is 0. The highest BCUT2D eigenvalue weighted by molar-refractivity contribution is 5.68. The topological polar surface area (TPSA) is 32.8 Å². The summed E-state index contributed by atoms with van der Waals surface area (Å²) in [5, 5.41) is 0. The summed E-state index contributed by atoms with van der Waals surface area (Å²) in [7, 11) is 0. The number of hydrogen-bond donors (Lipinski definition) is 0. The first-order valence-electron chi connectivity index (χ1n) is 7.04. The predicted molar refractivity (Wildman–Crippen MR) is 78.6 cm³/mol. The highest BCUT2D eigenvalue weighted by Gasteiger charge is 2.34. The summed E-state index contributed by atoms with van der Waals surface area (Å²) in [5.74, 6) is 0. The van der Waals surface area contributed by atoms with Crippen LogP contribution in [0, 0.1) is 0 Å². The second-order valence-corrected chi connectivity index (χ2v) is 6.32. The molecule has 0 saturated carbocycles. The van der Waals surface area contributed by atoms with Crippen LogP contribution in [0.2, 0.25) is 0 Å². The van der Waals surface area contributed by atoms with Gasteiger partial charge in [0, 0.05) is 32.7 Å². The minimum absolute atomic E-state index is 0.0433. The SMILES string of the molecule is C=C(CN1CCN(C(=O)OC(C)(C)C)CC1)C(=C)C(F)(F)F. The van der Waals surface area contributed by atoms with Gasteiger partial charge in [-0.3, -0.25) is 4.90 Å². The lowest BCUT2D eigenvalue weighted by atomic mass is 10.1. The van der Waals surface area contributed by atoms with Crippen LogP contribution in [0.15, 0.2) is 24.3 Å². The number of rotatable bonds is 3. The maximum atomic E-state index is 12.5. The smallest absolute Gasteiger partial charge is 0.416 e. The standard InChI is InChI=1S/C15H23F3N2O2/c1-11(12(2)15(16,17)18)10-19-6-8-20(9-7-19)13(21)22-14(3,4)5/h1-2,6-10H2,3-5H3. The Hall–Kier alpha value is -1.50. The van der Waals surface area contributed by atoms with Gasteiger partial charge in [0.15, 0.2) is 0 Å². The lowest BCUT2D eigenvalue weighted by Crippen LogP contribution is -2.50. The number of carbonyl (C=O) groups is 1. The van der Waals surface area contributed by atoms with Crippen molar-refractivity contribution in [1.29, 1.82) is 0 Å². The van der Waals surface area contributed by atoms with Crippen molar-refractivity contribution in [3.8, 4) is 0 Å². The Bertz CT molecular complexity index is 445. The fourth-order valence-electron chi connectivity index (χ4n) is 1.98. The van der Waals surface area contributed by atoms with E-state index >= 15 is 0 Å². The Morgan fingerprint density at radius 2 is 1.59 bits per heavy atom. The molecule has 0 aliphatic carbocycles. The summed E-state index contributed by atoms with van der Waals surface area (Å²) in [6, 6.07) is 0. The second-order valence-electron chi connectivity index (χ2n) is 6.32. The molecule has 0 aromatic rings. The predicted octanol–water partition coefficient (Wildman–Crippen LogP) is 3.21. The maximum Gasteiger partial charge on any atom is 0.416 e. The third kappa shape index (κ3) is 5.71. The van der Waals surface area contributed by atoms with E-state index in [1.807, 2.05) is 4.90 Å². The lowest BCUT2D eigenvalue weighted by Gasteiger charge is -2.36. The van der Waals surface area contributed by atoms with E-state index in [-0.39, 0.29) is 12.1 Å². The van der Waals surface area contributed by atoms with E-state index in [1.165, 1.54) is 0 Å². The second kappa shape index (κ2) is 6.73. The molecule has 1 saturated heterocycles. The van der Waals surface area contributed by atoms with Crippen molar-refractivity contribution in [3.05, 3.63) is 24.3 Å². The van der Waals surface area contributed by atoms with Crippen molar-refractivity contribution in [3.63, 3.8) is 0 Å². The van der Waals surface area contributed by atoms with Gasteiger partial charge in [-0.1, -0.05) is 13.2 Å². The van der Waals surface area contributed by atoms with Crippen molar-refractivity contribution in [2.45, 2.75) is 32.5 Å². The van der Waals surface area contributed by atoms with Gasteiger partial charge in [0.2, 0.25) is 0 Å². The van der Waals surface area contributed by atoms with Crippen molar-refractivity contribution in [1.82, 2.24) is 9.80 Å². The molecule has 126 valence electrons. The number of hydrogen-bond acceptors (Lipinski definition) is 3. The molecule has 0 bridgehead atoms. The molecule has 7 heteroatoms. The molecule has 0 N–H and O–H groups in total. The molecule has 4 nitrogen and oxygen atoms in total. The molecule has 1 fully saturated rings. The van der Waals surface area contributed by atoms with E-state index in [0.717, 1.165) is 0 Å². The quantitative estimate of drug-likeness (QED) is 0.749. The van der Waals surface area contributed by atoms with Gasteiger partial charge >= 0.3 is 12.3 Å². The zero-order valence-electron chi connectivity index (χ0n) is 13.3. The molecular weight excluding hydrogens is 297 g/mol. The van der Waals surface area contributed by atoms with Crippen LogP contribution in [0.5, 0.6) is 0 Å². The molecule has 0 unspecified atom stereocenters. The summed E-state index contributed by atoms with van der Waals surface area (Å²) < 4.78 is 42.9. The largest absolute Gasteiger partial charge is 0.444 e. The highest BCUT2D eigenvalue weighted by atomic mass is 19.4. The minimum Gasteiger partial charge on any atom is -0.444 e. The Morgan fingerprint density at radius 1 is 1.09 bits per heavy atom. The summed E-state index contributed by atoms with van der Waals surface area (Å²) in [5.41, 5.74) is -1.51. The highest BCUT2D eigenvalue weighted by Crippen LogP contribution is 2.29. The van der Waals surface area contributed by atoms with Gasteiger partial charge in [-0.15, -0.1) is 0 Å². The first-order chi connectivity index (χ1) is 9.90. The molecule has 0 atom stereocenters. The van der Waals surface area contributed by atoms with Crippen molar-refractivity contribution >= 4 is 6.09 Å². The van der Waals surface area contributed by atoms with Crippen LogP contribution in [0.25, 0.3) is 0 Å². The fourth-order valence-corrected chi connectivity index (χ4v) is 1.98. The molecule has 1 amide bonds. The van der Waals surface area contributed by atoms with Crippen molar-refractivity contribution in [2.75, 3.05) is 32.7 Å². The number of amides is 1. The zero-order chi connectivity index (χ0) is 17.1. The Kier molecular flexibility index (Phi) is 5.67. The number of piperazine rings is 1. The van der Waals surface area contributed by atoms with Crippen LogP contribution in [0.3, 0.4) is 0 Å². The molecule has 0 aromatic carbocycles. The van der Waals surface area contributed by atoms with Gasteiger partial charge in [-0.25, -0.2) is 4.79 Å². The zero-order valence-corrected chi connectivity index (χ0v) is 13.3. The summed E-state index contributed by atoms with van der Waals surface area (Å²) in [4.78, 5) is 15.3. The first kappa shape index (κ1) is 18.5. The molecule has 1 rings (SSSR count). The third-order valence-electron chi connectivity index (χ3n) is 3.21. The van der Waals surface area contributed by atoms with Crippen molar-refractivity contribution < 1.29 is 22.7 Å². The van der Waals surface area contributed by atoms with Crippen LogP contribution in [-0.2, 0) is 4.74 Å². The van der Waals surface area contributed by atoms with Crippen LogP contribution in [0.1, 0.15) is 20.8 Å². The van der Waals surface area contributed by atoms with E-state index in [0.29, 0.717) is 26.2 Å². The lowest BCUT2D eigenvalue weighted by molar-refractivity contribution is -0.0893. The van der Waals surface area contributed by atoms with Gasteiger partial charge < -0.3 is 9.64 Å². The normalized spacial score (nSPS) is 17.3. The maximum absolute atomic E-state index is 12.5. The van der Waals surface area contributed by atoms with Crippen LogP contribution < -0.4 is 0 Å². The van der Waals surface area contributed by atoms with Gasteiger partial charge in [-0.2, -0.15) is 13.2 Å². The van der Waals surface area contributed by atoms with Crippen LogP contribution in [-0.4, -0.2) is 60.4 Å². The van der Waals surface area contributed by atoms with Crippen LogP contribution >= 0.6 is 0 Å². The average molecular weight is 320 g/mol. The van der Waals surface area contributed by atoms with E-state index in [4.69, 9.17) is 4.74 Å².